The Morgan fingerprint density at radius 3 is 1.79 bits per heavy atom. The molecule has 0 radical (unpaired) electrons. The zero-order valence-electron chi connectivity index (χ0n) is 19.8. The lowest BCUT2D eigenvalue weighted by Crippen LogP contribution is -2.56. The van der Waals surface area contributed by atoms with E-state index in [1.54, 1.807) is 0 Å². The van der Waals surface area contributed by atoms with Crippen molar-refractivity contribution < 1.29 is 4.79 Å². The third kappa shape index (κ3) is 16.5. The van der Waals surface area contributed by atoms with Gasteiger partial charge in [-0.3, -0.25) is 4.79 Å². The quantitative estimate of drug-likeness (QED) is 0.0811. The molecule has 1 aromatic rings. The van der Waals surface area contributed by atoms with Crippen molar-refractivity contribution >= 4 is 63.7 Å². The van der Waals surface area contributed by atoms with E-state index in [4.69, 9.17) is 47.0 Å². The van der Waals surface area contributed by atoms with Crippen LogP contribution < -0.4 is 16.0 Å². The monoisotopic (exact) mass is 535 g/mol. The molecule has 0 unspecified atom stereocenters. The minimum Gasteiger partial charge on any atom is -0.339 e. The molecule has 0 aliphatic rings. The highest BCUT2D eigenvalue weighted by Gasteiger charge is 2.34. The van der Waals surface area contributed by atoms with E-state index < -0.39 is 9.96 Å². The van der Waals surface area contributed by atoms with E-state index in [0.29, 0.717) is 6.42 Å². The second-order valence-electron chi connectivity index (χ2n) is 8.50. The molecule has 0 saturated carbocycles. The number of amides is 1. The maximum atomic E-state index is 12.4. The Hall–Kier alpha value is -0.750. The molecule has 4 nitrogen and oxygen atoms in total. The van der Waals surface area contributed by atoms with Gasteiger partial charge in [0.05, 0.1) is 0 Å². The fourth-order valence-electron chi connectivity index (χ4n) is 3.56. The van der Waals surface area contributed by atoms with Crippen LogP contribution in [0.25, 0.3) is 0 Å². The predicted molar refractivity (Wildman–Crippen MR) is 148 cm³/mol. The number of carbonyl (C=O) groups excluding carboxylic acids is 1. The molecule has 0 aromatic heterocycles. The average molecular weight is 537 g/mol. The second kappa shape index (κ2) is 18.6. The zero-order valence-corrected chi connectivity index (χ0v) is 22.9. The number of rotatable bonds is 17. The first kappa shape index (κ1) is 30.3. The molecule has 3 N–H and O–H groups in total. The Morgan fingerprint density at radius 2 is 1.30 bits per heavy atom. The summed E-state index contributed by atoms with van der Waals surface area (Å²) in [6.07, 6.45) is 15.9. The molecule has 33 heavy (non-hydrogen) atoms. The van der Waals surface area contributed by atoms with Crippen molar-refractivity contribution in [2.45, 2.75) is 107 Å². The van der Waals surface area contributed by atoms with Crippen molar-refractivity contribution in [2.75, 3.05) is 5.32 Å². The maximum Gasteiger partial charge on any atom is 0.228 e. The molecule has 0 heterocycles. The molecule has 1 rings (SSSR count). The normalized spacial score (nSPS) is 12.2. The number of unbranched alkanes of at least 4 members (excludes halogenated alkanes) is 12. The number of hydrogen-bond donors (Lipinski definition) is 3. The first-order valence-electron chi connectivity index (χ1n) is 12.3. The second-order valence-corrected chi connectivity index (χ2v) is 11.3. The van der Waals surface area contributed by atoms with Crippen LogP contribution >= 0.6 is 47.0 Å². The summed E-state index contributed by atoms with van der Waals surface area (Å²) in [5.41, 5.74) is 0.802. The number of para-hydroxylation sites is 1. The molecule has 0 saturated heterocycles. The van der Waals surface area contributed by atoms with E-state index in [0.717, 1.165) is 24.9 Å². The number of hydrogen-bond acceptors (Lipinski definition) is 2. The molecule has 1 atom stereocenters. The van der Waals surface area contributed by atoms with Gasteiger partial charge < -0.3 is 16.0 Å². The Morgan fingerprint density at radius 1 is 0.818 bits per heavy atom. The van der Waals surface area contributed by atoms with Gasteiger partial charge in [0, 0.05) is 12.1 Å². The highest BCUT2D eigenvalue weighted by molar-refractivity contribution is 7.80. The van der Waals surface area contributed by atoms with Gasteiger partial charge in [-0.25, -0.2) is 0 Å². The summed E-state index contributed by atoms with van der Waals surface area (Å²) in [6.45, 7) is 2.26. The first-order valence-corrected chi connectivity index (χ1v) is 13.9. The van der Waals surface area contributed by atoms with Crippen molar-refractivity contribution in [1.29, 1.82) is 0 Å². The Bertz CT molecular complexity index is 656. The number of thiocarbonyl (C=S) groups is 1. The fraction of sp³-hybridized carbons (Fsp3) is 0.680. The van der Waals surface area contributed by atoms with Crippen LogP contribution in [-0.2, 0) is 4.79 Å². The molecule has 0 aliphatic carbocycles. The summed E-state index contributed by atoms with van der Waals surface area (Å²) in [4.78, 5) is 12.4. The van der Waals surface area contributed by atoms with E-state index in [2.05, 4.69) is 22.9 Å². The molecule has 0 aliphatic heterocycles. The van der Waals surface area contributed by atoms with E-state index >= 15 is 0 Å². The highest BCUT2D eigenvalue weighted by atomic mass is 35.6. The van der Waals surface area contributed by atoms with Crippen molar-refractivity contribution in [3.63, 3.8) is 0 Å². The van der Waals surface area contributed by atoms with Gasteiger partial charge in [-0.05, 0) is 30.8 Å². The molecule has 0 spiro atoms. The highest BCUT2D eigenvalue weighted by Crippen LogP contribution is 2.29. The summed E-state index contributed by atoms with van der Waals surface area (Å²) in [5.74, 6) is -0.163. The maximum absolute atomic E-state index is 12.4. The van der Waals surface area contributed by atoms with Crippen molar-refractivity contribution in [3.8, 4) is 0 Å². The largest absolute Gasteiger partial charge is 0.339 e. The summed E-state index contributed by atoms with van der Waals surface area (Å²) < 4.78 is -1.74. The van der Waals surface area contributed by atoms with Gasteiger partial charge in [-0.2, -0.15) is 0 Å². The number of anilines is 1. The summed E-state index contributed by atoms with van der Waals surface area (Å²) in [7, 11) is 0. The van der Waals surface area contributed by atoms with Crippen molar-refractivity contribution in [2.24, 2.45) is 0 Å². The standard InChI is InChI=1S/C25H40Cl3N3OS/c1-2-3-4-5-6-7-8-9-10-11-12-13-17-20-22(32)30-23(25(26,27)28)31-24(33)29-21-18-15-14-16-19-21/h14-16,18-19,23H,2-13,17,20H2,1H3,(H,30,32)(H2,29,31,33)/t23-/m1/s1. The Balaban J connectivity index is 2.14. The van der Waals surface area contributed by atoms with Crippen molar-refractivity contribution in [3.05, 3.63) is 30.3 Å². The Kier molecular flexibility index (Phi) is 17.0. The first-order chi connectivity index (χ1) is 15.8. The van der Waals surface area contributed by atoms with Crippen LogP contribution in [0.1, 0.15) is 96.8 Å². The number of nitrogens with one attached hydrogen (secondary N) is 3. The summed E-state index contributed by atoms with van der Waals surface area (Å²) >= 11 is 23.4. The van der Waals surface area contributed by atoms with E-state index in [1.165, 1.54) is 64.2 Å². The van der Waals surface area contributed by atoms with Gasteiger partial charge in [0.15, 0.2) is 5.11 Å². The van der Waals surface area contributed by atoms with Gasteiger partial charge in [0.2, 0.25) is 9.70 Å². The van der Waals surface area contributed by atoms with Crippen LogP contribution in [0, 0.1) is 0 Å². The van der Waals surface area contributed by atoms with Gasteiger partial charge >= 0.3 is 0 Å². The van der Waals surface area contributed by atoms with Crippen LogP contribution in [0.4, 0.5) is 5.69 Å². The molecule has 0 fully saturated rings. The lowest BCUT2D eigenvalue weighted by molar-refractivity contribution is -0.122. The van der Waals surface area contributed by atoms with Crippen LogP contribution in [0.3, 0.4) is 0 Å². The van der Waals surface area contributed by atoms with Gasteiger partial charge in [0.1, 0.15) is 6.17 Å². The number of benzene rings is 1. The zero-order chi connectivity index (χ0) is 24.4. The smallest absolute Gasteiger partial charge is 0.228 e. The third-order valence-electron chi connectivity index (χ3n) is 5.45. The minimum atomic E-state index is -1.74. The van der Waals surface area contributed by atoms with Crippen LogP contribution in [0.2, 0.25) is 0 Å². The van der Waals surface area contributed by atoms with Crippen LogP contribution in [0.5, 0.6) is 0 Å². The SMILES string of the molecule is CCCCCCCCCCCCCCCC(=O)N[C@H](NC(=S)Nc1ccccc1)C(Cl)(Cl)Cl. The molecule has 1 aromatic carbocycles. The topological polar surface area (TPSA) is 53.2 Å². The molecule has 188 valence electrons. The van der Waals surface area contributed by atoms with E-state index in [9.17, 15) is 4.79 Å². The van der Waals surface area contributed by atoms with E-state index in [1.807, 2.05) is 30.3 Å². The fourth-order valence-corrected chi connectivity index (χ4v) is 4.12. The molecule has 8 heteroatoms. The van der Waals surface area contributed by atoms with Crippen LogP contribution in [-0.4, -0.2) is 21.0 Å². The van der Waals surface area contributed by atoms with Gasteiger partial charge in [-0.15, -0.1) is 0 Å². The average Bonchev–Trinajstić information content (AvgIpc) is 2.76. The third-order valence-corrected chi connectivity index (χ3v) is 6.32. The lowest BCUT2D eigenvalue weighted by atomic mass is 10.0. The molecular weight excluding hydrogens is 497 g/mol. The number of carbonyl (C=O) groups is 1. The van der Waals surface area contributed by atoms with Crippen molar-refractivity contribution in [1.82, 2.24) is 10.6 Å². The minimum absolute atomic E-state index is 0.163. The number of halogens is 3. The molecule has 1 amide bonds. The van der Waals surface area contributed by atoms with Crippen LogP contribution in [0.15, 0.2) is 30.3 Å². The molecular formula is C25H40Cl3N3OS. The number of alkyl halides is 3. The molecule has 0 bridgehead atoms. The van der Waals surface area contributed by atoms with Gasteiger partial charge in [-0.1, -0.05) is 137 Å². The van der Waals surface area contributed by atoms with E-state index in [-0.39, 0.29) is 11.0 Å². The lowest BCUT2D eigenvalue weighted by Gasteiger charge is -2.27. The van der Waals surface area contributed by atoms with Gasteiger partial charge in [0.25, 0.3) is 0 Å². The summed E-state index contributed by atoms with van der Waals surface area (Å²) in [5, 5.41) is 8.89. The Labute approximate surface area is 220 Å². The predicted octanol–water partition coefficient (Wildman–Crippen LogP) is 8.27. The summed E-state index contributed by atoms with van der Waals surface area (Å²) in [6, 6.07) is 9.41.